The Hall–Kier alpha value is -3.43. The molecule has 0 aliphatic carbocycles. The summed E-state index contributed by atoms with van der Waals surface area (Å²) < 4.78 is 1.97. The second-order valence-corrected chi connectivity index (χ2v) is 8.91. The number of para-hydroxylation sites is 1. The van der Waals surface area contributed by atoms with Gasteiger partial charge in [0.2, 0.25) is 5.91 Å². The van der Waals surface area contributed by atoms with Crippen LogP contribution < -0.4 is 10.6 Å². The maximum atomic E-state index is 13.0. The molecule has 2 aromatic carbocycles. The standard InChI is InChI=1S/C23H21N5O2S2/c1-24-22(30)25-21(29)20(16-9-4-2-5-10-16)32-23-27-26-19(15-18-13-8-14-31-18)28(23)17-11-6-3-7-12-17/h2-14,20H,15H2,1H3,(H2,24,25,29,30). The van der Waals surface area contributed by atoms with Gasteiger partial charge in [-0.25, -0.2) is 4.79 Å². The van der Waals surface area contributed by atoms with E-state index in [0.717, 1.165) is 17.1 Å². The van der Waals surface area contributed by atoms with Crippen LogP contribution in [-0.2, 0) is 11.2 Å². The first-order valence-corrected chi connectivity index (χ1v) is 11.7. The highest BCUT2D eigenvalue weighted by Crippen LogP contribution is 2.36. The maximum absolute atomic E-state index is 13.0. The molecule has 2 heterocycles. The summed E-state index contributed by atoms with van der Waals surface area (Å²) in [6.07, 6.45) is 0.626. The summed E-state index contributed by atoms with van der Waals surface area (Å²) in [6.45, 7) is 0. The summed E-state index contributed by atoms with van der Waals surface area (Å²) in [5.74, 6) is 0.350. The van der Waals surface area contributed by atoms with E-state index in [1.54, 1.807) is 11.3 Å². The Morgan fingerprint density at radius 3 is 2.38 bits per heavy atom. The Balaban J connectivity index is 1.72. The normalized spacial score (nSPS) is 11.7. The predicted octanol–water partition coefficient (Wildman–Crippen LogP) is 4.21. The largest absolute Gasteiger partial charge is 0.341 e. The van der Waals surface area contributed by atoms with Gasteiger partial charge in [-0.05, 0) is 29.1 Å². The number of carbonyl (C=O) groups excluding carboxylic acids is 2. The van der Waals surface area contributed by atoms with Gasteiger partial charge in [0.25, 0.3) is 0 Å². The van der Waals surface area contributed by atoms with Gasteiger partial charge in [0.1, 0.15) is 11.1 Å². The quantitative estimate of drug-likeness (QED) is 0.401. The van der Waals surface area contributed by atoms with E-state index in [4.69, 9.17) is 0 Å². The van der Waals surface area contributed by atoms with Crippen molar-refractivity contribution in [1.29, 1.82) is 0 Å². The summed E-state index contributed by atoms with van der Waals surface area (Å²) >= 11 is 2.92. The van der Waals surface area contributed by atoms with Gasteiger partial charge in [0.15, 0.2) is 5.16 Å². The minimum absolute atomic E-state index is 0.428. The minimum atomic E-state index is -0.685. The van der Waals surface area contributed by atoms with Crippen LogP contribution in [0.1, 0.15) is 21.5 Å². The molecule has 7 nitrogen and oxygen atoms in total. The van der Waals surface area contributed by atoms with Crippen LogP contribution in [-0.4, -0.2) is 33.8 Å². The van der Waals surface area contributed by atoms with E-state index in [0.29, 0.717) is 11.6 Å². The van der Waals surface area contributed by atoms with Gasteiger partial charge >= 0.3 is 6.03 Å². The van der Waals surface area contributed by atoms with E-state index in [1.807, 2.05) is 76.7 Å². The van der Waals surface area contributed by atoms with Gasteiger partial charge in [0.05, 0.1) is 0 Å². The molecule has 9 heteroatoms. The number of thiophene rings is 1. The predicted molar refractivity (Wildman–Crippen MR) is 126 cm³/mol. The number of carbonyl (C=O) groups is 2. The highest BCUT2D eigenvalue weighted by molar-refractivity contribution is 8.00. The minimum Gasteiger partial charge on any atom is -0.341 e. The Morgan fingerprint density at radius 2 is 1.72 bits per heavy atom. The van der Waals surface area contributed by atoms with Crippen molar-refractivity contribution in [2.24, 2.45) is 0 Å². The van der Waals surface area contributed by atoms with E-state index >= 15 is 0 Å². The molecule has 4 aromatic rings. The van der Waals surface area contributed by atoms with Crippen molar-refractivity contribution in [2.75, 3.05) is 7.05 Å². The summed E-state index contributed by atoms with van der Waals surface area (Å²) in [6, 6.07) is 22.6. The fourth-order valence-corrected chi connectivity index (χ4v) is 4.92. The molecule has 0 radical (unpaired) electrons. The maximum Gasteiger partial charge on any atom is 0.321 e. The van der Waals surface area contributed by atoms with E-state index in [-0.39, 0.29) is 0 Å². The summed E-state index contributed by atoms with van der Waals surface area (Å²) in [5, 5.41) is 15.6. The average molecular weight is 464 g/mol. The molecular formula is C23H21N5O2S2. The third-order valence-corrected chi connectivity index (χ3v) is 6.73. The van der Waals surface area contributed by atoms with Gasteiger partial charge in [-0.1, -0.05) is 66.4 Å². The Morgan fingerprint density at radius 1 is 1.00 bits per heavy atom. The fraction of sp³-hybridized carbons (Fsp3) is 0.130. The smallest absolute Gasteiger partial charge is 0.321 e. The molecular weight excluding hydrogens is 442 g/mol. The first-order chi connectivity index (χ1) is 15.7. The molecule has 0 fully saturated rings. The number of aromatic nitrogens is 3. The van der Waals surface area contributed by atoms with Gasteiger partial charge in [-0.3, -0.25) is 14.7 Å². The fourth-order valence-electron chi connectivity index (χ4n) is 3.14. The average Bonchev–Trinajstić information content (AvgIpc) is 3.48. The summed E-state index contributed by atoms with van der Waals surface area (Å²) in [4.78, 5) is 25.9. The number of thioether (sulfide) groups is 1. The number of hydrogen-bond donors (Lipinski definition) is 2. The Bertz CT molecular complexity index is 1180. The molecule has 0 aliphatic heterocycles. The van der Waals surface area contributed by atoms with E-state index in [1.165, 1.54) is 23.7 Å². The second-order valence-electron chi connectivity index (χ2n) is 6.80. The monoisotopic (exact) mass is 463 g/mol. The summed E-state index contributed by atoms with van der Waals surface area (Å²) in [5.41, 5.74) is 1.67. The molecule has 2 N–H and O–H groups in total. The topological polar surface area (TPSA) is 88.9 Å². The third-order valence-electron chi connectivity index (χ3n) is 4.65. The lowest BCUT2D eigenvalue weighted by molar-refractivity contribution is -0.119. The van der Waals surface area contributed by atoms with Gasteiger partial charge in [-0.15, -0.1) is 21.5 Å². The van der Waals surface area contributed by atoms with Crippen molar-refractivity contribution < 1.29 is 9.59 Å². The van der Waals surface area contributed by atoms with E-state index in [2.05, 4.69) is 26.9 Å². The molecule has 32 heavy (non-hydrogen) atoms. The number of amides is 3. The molecule has 1 atom stereocenters. The first-order valence-electron chi connectivity index (χ1n) is 9.92. The molecule has 0 bridgehead atoms. The lowest BCUT2D eigenvalue weighted by Crippen LogP contribution is -2.39. The van der Waals surface area contributed by atoms with Gasteiger partial charge in [-0.2, -0.15) is 0 Å². The highest BCUT2D eigenvalue weighted by atomic mass is 32.2. The number of rotatable bonds is 7. The molecule has 1 unspecified atom stereocenters. The Labute approximate surface area is 193 Å². The van der Waals surface area contributed by atoms with Crippen LogP contribution in [0.4, 0.5) is 4.79 Å². The van der Waals surface area contributed by atoms with Crippen LogP contribution in [0, 0.1) is 0 Å². The van der Waals surface area contributed by atoms with Crippen molar-refractivity contribution in [3.63, 3.8) is 0 Å². The first kappa shape index (κ1) is 21.8. The lowest BCUT2D eigenvalue weighted by atomic mass is 10.1. The third kappa shape index (κ3) is 5.06. The van der Waals surface area contributed by atoms with Crippen LogP contribution in [0.15, 0.2) is 83.3 Å². The molecule has 0 saturated heterocycles. The number of hydrogen-bond acceptors (Lipinski definition) is 6. The van der Waals surface area contributed by atoms with E-state index in [9.17, 15) is 9.59 Å². The number of benzene rings is 2. The van der Waals surface area contributed by atoms with Crippen LogP contribution in [0.3, 0.4) is 0 Å². The van der Waals surface area contributed by atoms with Crippen LogP contribution in [0.5, 0.6) is 0 Å². The zero-order valence-corrected chi connectivity index (χ0v) is 18.9. The van der Waals surface area contributed by atoms with Crippen molar-refractivity contribution in [2.45, 2.75) is 16.8 Å². The number of nitrogens with one attached hydrogen (secondary N) is 2. The van der Waals surface area contributed by atoms with Crippen LogP contribution >= 0.6 is 23.1 Å². The molecule has 3 amide bonds. The second kappa shape index (κ2) is 10.3. The number of urea groups is 1. The SMILES string of the molecule is CNC(=O)NC(=O)C(Sc1nnc(Cc2cccs2)n1-c1ccccc1)c1ccccc1. The molecule has 162 valence electrons. The van der Waals surface area contributed by atoms with Crippen molar-refractivity contribution in [3.05, 3.63) is 94.4 Å². The van der Waals surface area contributed by atoms with Gasteiger partial charge < -0.3 is 5.32 Å². The molecule has 2 aromatic heterocycles. The Kier molecular flexibility index (Phi) is 6.98. The molecule has 0 spiro atoms. The number of imide groups is 1. The summed E-state index contributed by atoms with van der Waals surface area (Å²) in [7, 11) is 1.47. The highest BCUT2D eigenvalue weighted by Gasteiger charge is 2.27. The van der Waals surface area contributed by atoms with E-state index < -0.39 is 17.2 Å². The van der Waals surface area contributed by atoms with Crippen molar-refractivity contribution in [3.8, 4) is 5.69 Å². The van der Waals surface area contributed by atoms with Crippen LogP contribution in [0.2, 0.25) is 0 Å². The lowest BCUT2D eigenvalue weighted by Gasteiger charge is -2.17. The molecule has 0 saturated carbocycles. The number of nitrogens with zero attached hydrogens (tertiary/aromatic N) is 3. The van der Waals surface area contributed by atoms with Crippen LogP contribution in [0.25, 0.3) is 5.69 Å². The van der Waals surface area contributed by atoms with Gasteiger partial charge in [0, 0.05) is 24.0 Å². The molecule has 4 rings (SSSR count). The zero-order valence-electron chi connectivity index (χ0n) is 17.3. The zero-order chi connectivity index (χ0) is 22.3. The van der Waals surface area contributed by atoms with Crippen molar-refractivity contribution >= 4 is 35.0 Å². The molecule has 0 aliphatic rings. The van der Waals surface area contributed by atoms with Crippen molar-refractivity contribution in [1.82, 2.24) is 25.4 Å².